The molecule has 1 unspecified atom stereocenters. The van der Waals surface area contributed by atoms with Crippen LogP contribution >= 0.6 is 22.6 Å². The molecule has 2 nitrogen and oxygen atoms in total. The fraction of sp³-hybridized carbons (Fsp3) is 0.600. The SMILES string of the molecule is Cc1ccc(C(C)N2CCN(CI)CC2)c(C(F)(F)F)c1. The van der Waals surface area contributed by atoms with Crippen LogP contribution in [0, 0.1) is 6.92 Å². The molecule has 1 saturated heterocycles. The third-order valence-corrected chi connectivity index (χ3v) is 5.05. The smallest absolute Gasteiger partial charge is 0.294 e. The summed E-state index contributed by atoms with van der Waals surface area (Å²) in [6, 6.07) is 4.45. The van der Waals surface area contributed by atoms with Crippen molar-refractivity contribution in [1.29, 1.82) is 0 Å². The van der Waals surface area contributed by atoms with Crippen LogP contribution in [0.5, 0.6) is 0 Å². The van der Waals surface area contributed by atoms with Crippen molar-refractivity contribution in [3.05, 3.63) is 34.9 Å². The number of piperazine rings is 1. The largest absolute Gasteiger partial charge is 0.416 e. The van der Waals surface area contributed by atoms with Gasteiger partial charge in [0.1, 0.15) is 0 Å². The molecule has 1 aromatic rings. The zero-order valence-corrected chi connectivity index (χ0v) is 14.4. The van der Waals surface area contributed by atoms with Gasteiger partial charge in [-0.2, -0.15) is 13.2 Å². The van der Waals surface area contributed by atoms with Gasteiger partial charge in [0.2, 0.25) is 0 Å². The molecule has 1 heterocycles. The minimum atomic E-state index is -4.29. The summed E-state index contributed by atoms with van der Waals surface area (Å²) in [4.78, 5) is 4.45. The van der Waals surface area contributed by atoms with Crippen LogP contribution in [0.2, 0.25) is 0 Å². The highest BCUT2D eigenvalue weighted by atomic mass is 127. The molecule has 21 heavy (non-hydrogen) atoms. The second-order valence-corrected chi connectivity index (χ2v) is 6.22. The van der Waals surface area contributed by atoms with Crippen molar-refractivity contribution in [3.8, 4) is 0 Å². The fourth-order valence-electron chi connectivity index (χ4n) is 2.75. The summed E-state index contributed by atoms with van der Waals surface area (Å²) < 4.78 is 40.7. The third-order valence-electron chi connectivity index (χ3n) is 4.09. The second kappa shape index (κ2) is 6.83. The van der Waals surface area contributed by atoms with Crippen molar-refractivity contribution in [2.75, 3.05) is 30.7 Å². The Kier molecular flexibility index (Phi) is 5.54. The lowest BCUT2D eigenvalue weighted by Crippen LogP contribution is -2.46. The van der Waals surface area contributed by atoms with E-state index in [1.54, 1.807) is 19.1 Å². The van der Waals surface area contributed by atoms with Crippen molar-refractivity contribution in [2.24, 2.45) is 0 Å². The minimum Gasteiger partial charge on any atom is -0.294 e. The number of benzene rings is 1. The molecule has 2 rings (SSSR count). The molecule has 0 N–H and O–H groups in total. The van der Waals surface area contributed by atoms with E-state index in [9.17, 15) is 13.2 Å². The maximum Gasteiger partial charge on any atom is 0.416 e. The highest BCUT2D eigenvalue weighted by Crippen LogP contribution is 2.37. The summed E-state index contributed by atoms with van der Waals surface area (Å²) in [5, 5.41) is 0. The summed E-state index contributed by atoms with van der Waals surface area (Å²) in [5.41, 5.74) is 0.537. The van der Waals surface area contributed by atoms with Crippen molar-refractivity contribution >= 4 is 22.6 Å². The van der Waals surface area contributed by atoms with E-state index >= 15 is 0 Å². The summed E-state index contributed by atoms with van der Waals surface area (Å²) in [7, 11) is 0. The number of nitrogens with zero attached hydrogens (tertiary/aromatic N) is 2. The van der Waals surface area contributed by atoms with Gasteiger partial charge in [0, 0.05) is 32.2 Å². The van der Waals surface area contributed by atoms with Gasteiger partial charge in [0.05, 0.1) is 10.1 Å². The highest BCUT2D eigenvalue weighted by Gasteiger charge is 2.36. The van der Waals surface area contributed by atoms with Gasteiger partial charge < -0.3 is 0 Å². The standard InChI is InChI=1S/C15H20F3IN2/c1-11-3-4-13(14(9-11)15(16,17)18)12(2)21-7-5-20(10-19)6-8-21/h3-4,9,12H,5-8,10H2,1-2H3. The van der Waals surface area contributed by atoms with Gasteiger partial charge in [-0.05, 0) is 25.5 Å². The van der Waals surface area contributed by atoms with Crippen LogP contribution < -0.4 is 0 Å². The Labute approximate surface area is 137 Å². The molecule has 0 bridgehead atoms. The van der Waals surface area contributed by atoms with Gasteiger partial charge in [-0.3, -0.25) is 9.80 Å². The van der Waals surface area contributed by atoms with Gasteiger partial charge in [-0.15, -0.1) is 0 Å². The molecule has 0 aromatic heterocycles. The van der Waals surface area contributed by atoms with Crippen LogP contribution in [0.4, 0.5) is 13.2 Å². The molecule has 0 amide bonds. The first-order valence-electron chi connectivity index (χ1n) is 7.03. The zero-order valence-electron chi connectivity index (χ0n) is 12.3. The van der Waals surface area contributed by atoms with E-state index in [-0.39, 0.29) is 6.04 Å². The molecule has 1 atom stereocenters. The predicted molar refractivity (Wildman–Crippen MR) is 86.6 cm³/mol. The molecule has 1 fully saturated rings. The monoisotopic (exact) mass is 412 g/mol. The Bertz CT molecular complexity index is 482. The molecule has 0 radical (unpaired) electrons. The molecule has 1 aliphatic rings. The van der Waals surface area contributed by atoms with Gasteiger partial charge >= 0.3 is 6.18 Å². The average molecular weight is 412 g/mol. The van der Waals surface area contributed by atoms with Crippen LogP contribution in [0.25, 0.3) is 0 Å². The molecule has 0 saturated carbocycles. The summed E-state index contributed by atoms with van der Waals surface area (Å²) in [5.74, 6) is 0. The number of hydrogen-bond acceptors (Lipinski definition) is 2. The predicted octanol–water partition coefficient (Wildman–Crippen LogP) is 4.08. The third kappa shape index (κ3) is 4.10. The lowest BCUT2D eigenvalue weighted by atomic mass is 9.97. The Morgan fingerprint density at radius 2 is 1.81 bits per heavy atom. The Morgan fingerprint density at radius 3 is 2.33 bits per heavy atom. The first kappa shape index (κ1) is 17.0. The molecular weight excluding hydrogens is 392 g/mol. The van der Waals surface area contributed by atoms with Crippen LogP contribution in [0.15, 0.2) is 18.2 Å². The van der Waals surface area contributed by atoms with Gasteiger partial charge in [0.15, 0.2) is 0 Å². The van der Waals surface area contributed by atoms with Crippen LogP contribution in [0.1, 0.15) is 29.7 Å². The van der Waals surface area contributed by atoms with Crippen molar-refractivity contribution in [2.45, 2.75) is 26.1 Å². The Balaban J connectivity index is 2.21. The highest BCUT2D eigenvalue weighted by molar-refractivity contribution is 14.1. The van der Waals surface area contributed by atoms with Gasteiger partial charge in [-0.1, -0.05) is 40.3 Å². The molecule has 0 spiro atoms. The van der Waals surface area contributed by atoms with E-state index in [1.807, 2.05) is 6.92 Å². The normalized spacial score (nSPS) is 19.7. The van der Waals surface area contributed by atoms with E-state index in [2.05, 4.69) is 32.4 Å². The molecule has 1 aromatic carbocycles. The Hall–Kier alpha value is -0.340. The lowest BCUT2D eigenvalue weighted by Gasteiger charge is -2.38. The maximum atomic E-state index is 13.2. The van der Waals surface area contributed by atoms with E-state index in [1.165, 1.54) is 6.07 Å². The number of aryl methyl sites for hydroxylation is 1. The second-order valence-electron chi connectivity index (χ2n) is 5.54. The van der Waals surface area contributed by atoms with Crippen molar-refractivity contribution < 1.29 is 13.2 Å². The van der Waals surface area contributed by atoms with Crippen LogP contribution in [-0.2, 0) is 6.18 Å². The lowest BCUT2D eigenvalue weighted by molar-refractivity contribution is -0.138. The van der Waals surface area contributed by atoms with E-state index in [4.69, 9.17) is 0 Å². The van der Waals surface area contributed by atoms with Gasteiger partial charge in [-0.25, -0.2) is 0 Å². The van der Waals surface area contributed by atoms with Crippen LogP contribution in [0.3, 0.4) is 0 Å². The van der Waals surface area contributed by atoms with E-state index < -0.39 is 11.7 Å². The van der Waals surface area contributed by atoms with Crippen LogP contribution in [-0.4, -0.2) is 40.5 Å². The summed E-state index contributed by atoms with van der Waals surface area (Å²) in [6.45, 7) is 7.04. The maximum absolute atomic E-state index is 13.2. The molecular formula is C15H20F3IN2. The van der Waals surface area contributed by atoms with Gasteiger partial charge in [0.25, 0.3) is 0 Å². The number of rotatable bonds is 3. The van der Waals surface area contributed by atoms with E-state index in [0.717, 1.165) is 30.7 Å². The van der Waals surface area contributed by atoms with Crippen molar-refractivity contribution in [3.63, 3.8) is 0 Å². The molecule has 6 heteroatoms. The van der Waals surface area contributed by atoms with Crippen molar-refractivity contribution in [1.82, 2.24) is 9.80 Å². The number of hydrogen-bond donors (Lipinski definition) is 0. The molecule has 0 aliphatic carbocycles. The zero-order chi connectivity index (χ0) is 15.6. The first-order chi connectivity index (χ1) is 9.82. The quantitative estimate of drug-likeness (QED) is 0.420. The first-order valence-corrected chi connectivity index (χ1v) is 8.55. The minimum absolute atomic E-state index is 0.210. The summed E-state index contributed by atoms with van der Waals surface area (Å²) in [6.07, 6.45) is -4.29. The topological polar surface area (TPSA) is 6.48 Å². The number of halogens is 4. The molecule has 1 aliphatic heterocycles. The number of alkyl halides is 4. The summed E-state index contributed by atoms with van der Waals surface area (Å²) >= 11 is 2.32. The fourth-order valence-corrected chi connectivity index (χ4v) is 3.43. The molecule has 118 valence electrons. The average Bonchev–Trinajstić information content (AvgIpc) is 2.45. The Morgan fingerprint density at radius 1 is 1.19 bits per heavy atom. The van der Waals surface area contributed by atoms with E-state index in [0.29, 0.717) is 11.1 Å².